The summed E-state index contributed by atoms with van der Waals surface area (Å²) in [6.07, 6.45) is 6.25. The molecule has 0 saturated heterocycles. The molecule has 156 valence electrons. The van der Waals surface area contributed by atoms with Gasteiger partial charge in [-0.3, -0.25) is 4.79 Å². The fourth-order valence-electron chi connectivity index (χ4n) is 4.42. The van der Waals surface area contributed by atoms with Gasteiger partial charge >= 0.3 is 0 Å². The first-order valence-corrected chi connectivity index (χ1v) is 11.6. The Hall–Kier alpha value is -2.66. The average Bonchev–Trinajstić information content (AvgIpc) is 3.41. The van der Waals surface area contributed by atoms with Crippen molar-refractivity contribution in [1.82, 2.24) is 5.32 Å². The number of carbonyl (C=O) groups is 2. The molecule has 1 fully saturated rings. The minimum Gasteiger partial charge on any atom is -0.377 e. The molecule has 0 aliphatic heterocycles. The van der Waals surface area contributed by atoms with Gasteiger partial charge in [0, 0.05) is 33.8 Å². The van der Waals surface area contributed by atoms with Crippen LogP contribution in [0.25, 0.3) is 10.1 Å². The summed E-state index contributed by atoms with van der Waals surface area (Å²) in [7, 11) is 0. The van der Waals surface area contributed by atoms with Crippen LogP contribution in [0.1, 0.15) is 58.9 Å². The van der Waals surface area contributed by atoms with E-state index in [1.807, 2.05) is 35.6 Å². The highest BCUT2D eigenvalue weighted by Gasteiger charge is 2.29. The molecule has 1 aliphatic carbocycles. The maximum absolute atomic E-state index is 12.2. The Bertz CT molecular complexity index is 1020. The predicted molar refractivity (Wildman–Crippen MR) is 124 cm³/mol. The molecule has 3 aromatic rings. The fraction of sp³-hybridized carbons (Fsp3) is 0.360. The lowest BCUT2D eigenvalue weighted by atomic mass is 9.94. The van der Waals surface area contributed by atoms with Crippen molar-refractivity contribution >= 4 is 39.3 Å². The van der Waals surface area contributed by atoms with Crippen LogP contribution >= 0.6 is 11.3 Å². The van der Waals surface area contributed by atoms with Crippen molar-refractivity contribution in [3.05, 3.63) is 64.5 Å². The third-order valence-corrected chi connectivity index (χ3v) is 7.41. The van der Waals surface area contributed by atoms with Crippen molar-refractivity contribution in [1.29, 1.82) is 0 Å². The third kappa shape index (κ3) is 4.41. The molecule has 0 bridgehead atoms. The second-order valence-electron chi connectivity index (χ2n) is 8.04. The number of rotatable bonds is 8. The van der Waals surface area contributed by atoms with Crippen molar-refractivity contribution in [2.75, 3.05) is 11.9 Å². The van der Waals surface area contributed by atoms with Gasteiger partial charge in [-0.2, -0.15) is 0 Å². The number of thiophene rings is 1. The smallest absolute Gasteiger partial charge is 0.251 e. The van der Waals surface area contributed by atoms with E-state index >= 15 is 0 Å². The van der Waals surface area contributed by atoms with E-state index in [4.69, 9.17) is 0 Å². The minimum absolute atomic E-state index is 0.143. The zero-order chi connectivity index (χ0) is 20.9. The molecule has 1 heterocycles. The topological polar surface area (TPSA) is 58.2 Å². The molecule has 2 N–H and O–H groups in total. The molecule has 4 nitrogen and oxygen atoms in total. The lowest BCUT2D eigenvalue weighted by molar-refractivity contribution is -0.107. The van der Waals surface area contributed by atoms with Crippen LogP contribution in [0, 0.1) is 12.8 Å². The van der Waals surface area contributed by atoms with Crippen molar-refractivity contribution in [3.63, 3.8) is 0 Å². The zero-order valence-electron chi connectivity index (χ0n) is 17.3. The summed E-state index contributed by atoms with van der Waals surface area (Å²) in [6, 6.07) is 16.6. The van der Waals surface area contributed by atoms with E-state index in [9.17, 15) is 9.59 Å². The molecule has 4 rings (SSSR count). The van der Waals surface area contributed by atoms with E-state index in [0.717, 1.165) is 12.0 Å². The predicted octanol–water partition coefficient (Wildman–Crippen LogP) is 5.87. The SMILES string of the molecule is Cc1c(C(Nc2ccc(C(=O)NCCC=O)cc2)C2CCCC2)sc2ccccc12. The highest BCUT2D eigenvalue weighted by atomic mass is 32.1. The van der Waals surface area contributed by atoms with Gasteiger partial charge in [0.05, 0.1) is 6.04 Å². The maximum Gasteiger partial charge on any atom is 0.251 e. The summed E-state index contributed by atoms with van der Waals surface area (Å²) in [4.78, 5) is 24.0. The molecule has 2 aromatic carbocycles. The Labute approximate surface area is 181 Å². The van der Waals surface area contributed by atoms with Gasteiger partial charge in [0.2, 0.25) is 0 Å². The Morgan fingerprint density at radius 1 is 1.13 bits per heavy atom. The first-order chi connectivity index (χ1) is 14.7. The summed E-state index contributed by atoms with van der Waals surface area (Å²) in [5.41, 5.74) is 3.03. The summed E-state index contributed by atoms with van der Waals surface area (Å²) in [6.45, 7) is 2.61. The lowest BCUT2D eigenvalue weighted by Crippen LogP contribution is -2.24. The normalized spacial score (nSPS) is 15.2. The largest absolute Gasteiger partial charge is 0.377 e. The Kier molecular flexibility index (Phi) is 6.48. The number of carbonyl (C=O) groups excluding carboxylic acids is 2. The van der Waals surface area contributed by atoms with Gasteiger partial charge in [-0.25, -0.2) is 0 Å². The molecule has 1 aromatic heterocycles. The van der Waals surface area contributed by atoms with Gasteiger partial charge < -0.3 is 15.4 Å². The van der Waals surface area contributed by atoms with Crippen molar-refractivity contribution in [2.45, 2.75) is 45.1 Å². The molecule has 0 radical (unpaired) electrons. The monoisotopic (exact) mass is 420 g/mol. The number of amides is 1. The number of hydrogen-bond acceptors (Lipinski definition) is 4. The van der Waals surface area contributed by atoms with Crippen LogP contribution < -0.4 is 10.6 Å². The standard InChI is InChI=1S/C25H28N2O2S/c1-17-21-9-4-5-10-22(21)30-24(17)23(18-7-2-3-8-18)27-20-13-11-19(12-14-20)25(29)26-15-6-16-28/h4-5,9-14,16,18,23,27H,2-3,6-8,15H2,1H3,(H,26,29). The van der Waals surface area contributed by atoms with Crippen LogP contribution in [-0.2, 0) is 4.79 Å². The zero-order valence-corrected chi connectivity index (χ0v) is 18.1. The summed E-state index contributed by atoms with van der Waals surface area (Å²) in [5, 5.41) is 7.91. The molecule has 1 atom stereocenters. The fourth-order valence-corrected chi connectivity index (χ4v) is 5.78. The van der Waals surface area contributed by atoms with Gasteiger partial charge in [-0.15, -0.1) is 11.3 Å². The number of nitrogens with one attached hydrogen (secondary N) is 2. The Balaban J connectivity index is 1.56. The van der Waals surface area contributed by atoms with E-state index in [2.05, 4.69) is 41.8 Å². The van der Waals surface area contributed by atoms with Crippen molar-refractivity contribution in [2.24, 2.45) is 5.92 Å². The second-order valence-corrected chi connectivity index (χ2v) is 9.13. The van der Waals surface area contributed by atoms with Crippen LogP contribution in [0.4, 0.5) is 5.69 Å². The molecule has 1 unspecified atom stereocenters. The van der Waals surface area contributed by atoms with E-state index < -0.39 is 0 Å². The molecule has 30 heavy (non-hydrogen) atoms. The van der Waals surface area contributed by atoms with Crippen LogP contribution in [0.2, 0.25) is 0 Å². The molecule has 1 saturated carbocycles. The Morgan fingerprint density at radius 3 is 2.57 bits per heavy atom. The maximum atomic E-state index is 12.2. The first-order valence-electron chi connectivity index (χ1n) is 10.7. The summed E-state index contributed by atoms with van der Waals surface area (Å²) >= 11 is 1.90. The van der Waals surface area contributed by atoms with E-state index in [-0.39, 0.29) is 11.9 Å². The molecular weight excluding hydrogens is 392 g/mol. The lowest BCUT2D eigenvalue weighted by Gasteiger charge is -2.26. The highest BCUT2D eigenvalue weighted by Crippen LogP contribution is 2.44. The number of fused-ring (bicyclic) bond motifs is 1. The average molecular weight is 421 g/mol. The molecule has 0 spiro atoms. The van der Waals surface area contributed by atoms with Crippen LogP contribution in [0.15, 0.2) is 48.5 Å². The molecule has 1 aliphatic rings. The number of benzene rings is 2. The van der Waals surface area contributed by atoms with Crippen molar-refractivity contribution in [3.8, 4) is 0 Å². The minimum atomic E-state index is -0.143. The first kappa shape index (κ1) is 20.6. The molecular formula is C25H28N2O2S. The quantitative estimate of drug-likeness (QED) is 0.354. The van der Waals surface area contributed by atoms with Gasteiger partial charge in [-0.1, -0.05) is 31.0 Å². The van der Waals surface area contributed by atoms with Crippen molar-refractivity contribution < 1.29 is 9.59 Å². The van der Waals surface area contributed by atoms with Gasteiger partial charge in [-0.05, 0) is 67.0 Å². The molecule has 5 heteroatoms. The highest BCUT2D eigenvalue weighted by molar-refractivity contribution is 7.19. The van der Waals surface area contributed by atoms with E-state index in [1.165, 1.54) is 46.2 Å². The summed E-state index contributed by atoms with van der Waals surface area (Å²) in [5.74, 6) is 0.485. The third-order valence-electron chi connectivity index (χ3n) is 6.05. The van der Waals surface area contributed by atoms with Gasteiger partial charge in [0.1, 0.15) is 6.29 Å². The number of hydrogen-bond donors (Lipinski definition) is 2. The molecule has 1 amide bonds. The number of anilines is 1. The van der Waals surface area contributed by atoms with Gasteiger partial charge in [0.25, 0.3) is 5.91 Å². The van der Waals surface area contributed by atoms with Crippen LogP contribution in [-0.4, -0.2) is 18.7 Å². The summed E-state index contributed by atoms with van der Waals surface area (Å²) < 4.78 is 1.34. The van der Waals surface area contributed by atoms with Crippen LogP contribution in [0.5, 0.6) is 0 Å². The second kappa shape index (κ2) is 9.43. The van der Waals surface area contributed by atoms with Gasteiger partial charge in [0.15, 0.2) is 0 Å². The van der Waals surface area contributed by atoms with Crippen LogP contribution in [0.3, 0.4) is 0 Å². The van der Waals surface area contributed by atoms with E-state index in [0.29, 0.717) is 24.4 Å². The number of aryl methyl sites for hydroxylation is 1. The van der Waals surface area contributed by atoms with E-state index in [1.54, 1.807) is 0 Å². The Morgan fingerprint density at radius 2 is 1.87 bits per heavy atom. The number of aldehydes is 1.